The highest BCUT2D eigenvalue weighted by Gasteiger charge is 2.16. The van der Waals surface area contributed by atoms with Gasteiger partial charge in [0.05, 0.1) is 11.4 Å². The smallest absolute Gasteiger partial charge is 0.0526 e. The van der Waals surface area contributed by atoms with Crippen molar-refractivity contribution >= 4 is 23.1 Å². The first-order valence-electron chi connectivity index (χ1n) is 13.5. The number of nitrogens with one attached hydrogen (secondary N) is 1. The van der Waals surface area contributed by atoms with Gasteiger partial charge in [-0.05, 0) is 61.1 Å². The van der Waals surface area contributed by atoms with E-state index < -0.39 is 0 Å². The maximum atomic E-state index is 3.67. The molecule has 1 N–H and O–H groups in total. The maximum absolute atomic E-state index is 3.67. The van der Waals surface area contributed by atoms with Crippen LogP contribution in [-0.2, 0) is 12.8 Å². The van der Waals surface area contributed by atoms with E-state index in [4.69, 9.17) is 0 Å². The van der Waals surface area contributed by atoms with Crippen LogP contribution in [0.3, 0.4) is 0 Å². The molecule has 0 saturated heterocycles. The third-order valence-corrected chi connectivity index (χ3v) is 7.83. The first kappa shape index (κ1) is 25.2. The normalized spacial score (nSPS) is 12.3. The van der Waals surface area contributed by atoms with Gasteiger partial charge in [-0.3, -0.25) is 0 Å². The summed E-state index contributed by atoms with van der Waals surface area (Å²) in [6.45, 7) is 4.58. The first-order chi connectivity index (χ1) is 15.8. The molecule has 32 heavy (non-hydrogen) atoms. The van der Waals surface area contributed by atoms with Crippen LogP contribution in [0, 0.1) is 0 Å². The fraction of sp³-hybridized carbons (Fsp3) is 0.600. The number of hydrogen-bond acceptors (Lipinski definition) is 2. The summed E-state index contributed by atoms with van der Waals surface area (Å²) in [6, 6.07) is 14.1. The van der Waals surface area contributed by atoms with Gasteiger partial charge in [0, 0.05) is 9.79 Å². The largest absolute Gasteiger partial charge is 0.354 e. The molecule has 0 aromatic heterocycles. The Kier molecular flexibility index (Phi) is 11.6. The number of anilines is 2. The molecule has 2 aromatic rings. The molecule has 0 amide bonds. The zero-order valence-corrected chi connectivity index (χ0v) is 21.5. The highest BCUT2D eigenvalue weighted by molar-refractivity contribution is 7.99. The standard InChI is InChI=1S/C30H45NS/c1-3-5-7-9-11-13-15-17-25-19-21-27-29(23-25)32-30-24-26(20-22-28(30)31-27)18-16-14-12-10-8-6-4-2/h19-24,31H,3-18H2,1-2H3. The van der Waals surface area contributed by atoms with Crippen LogP contribution >= 0.6 is 11.8 Å². The van der Waals surface area contributed by atoms with E-state index in [1.807, 2.05) is 11.8 Å². The molecule has 1 heterocycles. The minimum absolute atomic E-state index is 1.22. The Morgan fingerprint density at radius 2 is 0.938 bits per heavy atom. The fourth-order valence-corrected chi connectivity index (χ4v) is 5.77. The maximum Gasteiger partial charge on any atom is 0.0526 e. The molecule has 0 spiro atoms. The van der Waals surface area contributed by atoms with Gasteiger partial charge < -0.3 is 5.32 Å². The van der Waals surface area contributed by atoms with Crippen LogP contribution in [0.1, 0.15) is 115 Å². The quantitative estimate of drug-likeness (QED) is 0.217. The van der Waals surface area contributed by atoms with E-state index in [-0.39, 0.29) is 0 Å². The zero-order valence-electron chi connectivity index (χ0n) is 20.7. The van der Waals surface area contributed by atoms with Crippen molar-refractivity contribution in [2.75, 3.05) is 5.32 Å². The van der Waals surface area contributed by atoms with Crippen molar-refractivity contribution in [1.29, 1.82) is 0 Å². The van der Waals surface area contributed by atoms with E-state index in [9.17, 15) is 0 Å². The lowest BCUT2D eigenvalue weighted by Crippen LogP contribution is -2.01. The summed E-state index contributed by atoms with van der Waals surface area (Å²) in [7, 11) is 0. The second-order valence-corrected chi connectivity index (χ2v) is 10.7. The number of aryl methyl sites for hydroxylation is 2. The van der Waals surface area contributed by atoms with E-state index in [1.165, 1.54) is 135 Å². The molecule has 3 rings (SSSR count). The molecule has 0 unspecified atom stereocenters. The Morgan fingerprint density at radius 1 is 0.531 bits per heavy atom. The SMILES string of the molecule is CCCCCCCCCc1ccc2c(c1)Sc1cc(CCCCCCCCC)ccc1N2. The van der Waals surface area contributed by atoms with Crippen LogP contribution in [0.2, 0.25) is 0 Å². The second-order valence-electron chi connectivity index (χ2n) is 9.63. The van der Waals surface area contributed by atoms with Gasteiger partial charge in [0.15, 0.2) is 0 Å². The molecule has 0 bridgehead atoms. The average molecular weight is 452 g/mol. The summed E-state index contributed by atoms with van der Waals surface area (Å²) in [5.74, 6) is 0. The van der Waals surface area contributed by atoms with Crippen molar-refractivity contribution in [2.45, 2.75) is 126 Å². The molecule has 0 aliphatic carbocycles. The van der Waals surface area contributed by atoms with Crippen molar-refractivity contribution in [1.82, 2.24) is 0 Å². The van der Waals surface area contributed by atoms with Crippen LogP contribution in [0.25, 0.3) is 0 Å². The molecule has 2 heteroatoms. The van der Waals surface area contributed by atoms with Gasteiger partial charge in [0.25, 0.3) is 0 Å². The number of rotatable bonds is 16. The lowest BCUT2D eigenvalue weighted by Gasteiger charge is -2.22. The minimum atomic E-state index is 1.22. The van der Waals surface area contributed by atoms with Gasteiger partial charge in [-0.15, -0.1) is 0 Å². The number of fused-ring (bicyclic) bond motifs is 2. The molecule has 0 saturated carbocycles. The summed E-state index contributed by atoms with van der Waals surface area (Å²) >= 11 is 1.95. The van der Waals surface area contributed by atoms with Crippen LogP contribution in [-0.4, -0.2) is 0 Å². The van der Waals surface area contributed by atoms with Crippen molar-refractivity contribution in [2.24, 2.45) is 0 Å². The Morgan fingerprint density at radius 3 is 1.38 bits per heavy atom. The van der Waals surface area contributed by atoms with Crippen molar-refractivity contribution in [3.8, 4) is 0 Å². The van der Waals surface area contributed by atoms with Crippen molar-refractivity contribution in [3.63, 3.8) is 0 Å². The van der Waals surface area contributed by atoms with E-state index in [0.717, 1.165) is 0 Å². The predicted molar refractivity (Wildman–Crippen MR) is 144 cm³/mol. The number of hydrogen-bond donors (Lipinski definition) is 1. The third kappa shape index (κ3) is 8.50. The van der Waals surface area contributed by atoms with Gasteiger partial charge in [0.1, 0.15) is 0 Å². The van der Waals surface area contributed by atoms with Crippen molar-refractivity contribution < 1.29 is 0 Å². The molecular weight excluding hydrogens is 406 g/mol. The fourth-order valence-electron chi connectivity index (χ4n) is 4.66. The van der Waals surface area contributed by atoms with Crippen LogP contribution in [0.4, 0.5) is 11.4 Å². The van der Waals surface area contributed by atoms with Crippen molar-refractivity contribution in [3.05, 3.63) is 47.5 Å². The van der Waals surface area contributed by atoms with E-state index in [1.54, 1.807) is 0 Å². The Labute approximate surface area is 202 Å². The molecule has 0 atom stereocenters. The molecular formula is C30H45NS. The van der Waals surface area contributed by atoms with Gasteiger partial charge in [-0.2, -0.15) is 0 Å². The molecule has 1 nitrogen and oxygen atoms in total. The van der Waals surface area contributed by atoms with Gasteiger partial charge in [-0.25, -0.2) is 0 Å². The zero-order chi connectivity index (χ0) is 22.4. The van der Waals surface area contributed by atoms with E-state index in [2.05, 4.69) is 55.6 Å². The Balaban J connectivity index is 1.44. The average Bonchev–Trinajstić information content (AvgIpc) is 2.81. The van der Waals surface area contributed by atoms with Crippen LogP contribution < -0.4 is 5.32 Å². The van der Waals surface area contributed by atoms with E-state index in [0.29, 0.717) is 0 Å². The van der Waals surface area contributed by atoms with Crippen LogP contribution in [0.15, 0.2) is 46.2 Å². The number of benzene rings is 2. The van der Waals surface area contributed by atoms with E-state index >= 15 is 0 Å². The molecule has 1 aliphatic heterocycles. The van der Waals surface area contributed by atoms with Gasteiger partial charge in [0.2, 0.25) is 0 Å². The van der Waals surface area contributed by atoms with Gasteiger partial charge >= 0.3 is 0 Å². The lowest BCUT2D eigenvalue weighted by molar-refractivity contribution is 0.589. The second kappa shape index (κ2) is 14.7. The molecule has 176 valence electrons. The molecule has 2 aromatic carbocycles. The minimum Gasteiger partial charge on any atom is -0.354 e. The topological polar surface area (TPSA) is 12.0 Å². The molecule has 0 radical (unpaired) electrons. The summed E-state index contributed by atoms with van der Waals surface area (Å²) in [5.41, 5.74) is 5.53. The first-order valence-corrected chi connectivity index (χ1v) is 14.3. The Hall–Kier alpha value is -1.41. The summed E-state index contributed by atoms with van der Waals surface area (Å²) in [5, 5.41) is 3.67. The molecule has 0 fully saturated rings. The highest BCUT2D eigenvalue weighted by atomic mass is 32.2. The van der Waals surface area contributed by atoms with Crippen LogP contribution in [0.5, 0.6) is 0 Å². The lowest BCUT2D eigenvalue weighted by atomic mass is 10.0. The highest BCUT2D eigenvalue weighted by Crippen LogP contribution is 2.45. The third-order valence-electron chi connectivity index (χ3n) is 6.72. The van der Waals surface area contributed by atoms with Gasteiger partial charge in [-0.1, -0.05) is 115 Å². The predicted octanol–water partition coefficient (Wildman–Crippen LogP) is 10.5. The summed E-state index contributed by atoms with van der Waals surface area (Å²) < 4.78 is 0. The number of unbranched alkanes of at least 4 members (excludes halogenated alkanes) is 12. The summed E-state index contributed by atoms with van der Waals surface area (Å²) in [6.07, 6.45) is 21.7. The molecule has 1 aliphatic rings. The summed E-state index contributed by atoms with van der Waals surface area (Å²) in [4.78, 5) is 2.79. The monoisotopic (exact) mass is 451 g/mol. The Bertz CT molecular complexity index is 732.